The maximum atomic E-state index is 12.8. The molecule has 3 N–H and O–H groups in total. The van der Waals surface area contributed by atoms with Crippen LogP contribution in [0.15, 0.2) is 12.2 Å². The van der Waals surface area contributed by atoms with E-state index in [1.807, 2.05) is 0 Å². The second-order valence-corrected chi connectivity index (χ2v) is 28.8. The van der Waals surface area contributed by atoms with Gasteiger partial charge >= 0.3 is 19.8 Å². The van der Waals surface area contributed by atoms with Gasteiger partial charge < -0.3 is 20.1 Å². The zero-order valence-corrected chi connectivity index (χ0v) is 60.2. The van der Waals surface area contributed by atoms with Gasteiger partial charge in [-0.15, -0.1) is 0 Å². The van der Waals surface area contributed by atoms with Gasteiger partial charge in [-0.1, -0.05) is 405 Å². The van der Waals surface area contributed by atoms with Crippen molar-refractivity contribution in [2.75, 3.05) is 26.4 Å². The molecule has 2 atom stereocenters. The first-order valence-corrected chi connectivity index (χ1v) is 41.2. The Bertz CT molecular complexity index is 1450. The van der Waals surface area contributed by atoms with E-state index in [0.29, 0.717) is 6.42 Å². The van der Waals surface area contributed by atoms with E-state index < -0.39 is 26.5 Å². The van der Waals surface area contributed by atoms with Crippen LogP contribution in [-0.4, -0.2) is 49.3 Å². The summed E-state index contributed by atoms with van der Waals surface area (Å²) in [5.41, 5.74) is 5.41. The lowest BCUT2D eigenvalue weighted by atomic mass is 10.0. The number of phosphoric acid groups is 1. The van der Waals surface area contributed by atoms with Crippen LogP contribution in [0, 0.1) is 0 Å². The molecule has 88 heavy (non-hydrogen) atoms. The van der Waals surface area contributed by atoms with Crippen molar-refractivity contribution in [3.63, 3.8) is 0 Å². The average Bonchev–Trinajstić information content (AvgIpc) is 3.53. The quantitative estimate of drug-likeness (QED) is 0.0264. The predicted octanol–water partition coefficient (Wildman–Crippen LogP) is 26.3. The van der Waals surface area contributed by atoms with E-state index >= 15 is 0 Å². The van der Waals surface area contributed by atoms with Gasteiger partial charge in [0.25, 0.3) is 0 Å². The zero-order chi connectivity index (χ0) is 63.7. The number of nitrogens with two attached hydrogens (primary N) is 1. The van der Waals surface area contributed by atoms with Gasteiger partial charge in [-0.3, -0.25) is 18.6 Å². The highest BCUT2D eigenvalue weighted by atomic mass is 31.2. The van der Waals surface area contributed by atoms with Crippen LogP contribution >= 0.6 is 7.82 Å². The summed E-state index contributed by atoms with van der Waals surface area (Å²) in [6.07, 6.45) is 92.2. The van der Waals surface area contributed by atoms with E-state index in [1.165, 1.54) is 379 Å². The third-order valence-corrected chi connectivity index (χ3v) is 19.4. The van der Waals surface area contributed by atoms with Crippen molar-refractivity contribution in [1.82, 2.24) is 0 Å². The number of esters is 2. The molecule has 0 aliphatic carbocycles. The molecule has 10 heteroatoms. The van der Waals surface area contributed by atoms with Crippen molar-refractivity contribution >= 4 is 19.8 Å². The minimum absolute atomic E-state index is 0.0581. The first-order valence-electron chi connectivity index (χ1n) is 39.7. The summed E-state index contributed by atoms with van der Waals surface area (Å²) < 4.78 is 33.3. The number of hydrogen-bond acceptors (Lipinski definition) is 8. The van der Waals surface area contributed by atoms with Crippen molar-refractivity contribution < 1.29 is 37.6 Å². The summed E-state index contributed by atoms with van der Waals surface area (Å²) in [6, 6.07) is 0. The molecule has 524 valence electrons. The van der Waals surface area contributed by atoms with Crippen LogP contribution < -0.4 is 5.73 Å². The number of ether oxygens (including phenoxy) is 2. The number of hydrogen-bond donors (Lipinski definition) is 2. The Kier molecular flexibility index (Phi) is 73.7. The van der Waals surface area contributed by atoms with Crippen molar-refractivity contribution in [1.29, 1.82) is 0 Å². The highest BCUT2D eigenvalue weighted by Crippen LogP contribution is 2.43. The largest absolute Gasteiger partial charge is 0.472 e. The summed E-state index contributed by atoms with van der Waals surface area (Å²) >= 11 is 0. The van der Waals surface area contributed by atoms with Crippen molar-refractivity contribution in [2.45, 2.75) is 450 Å². The lowest BCUT2D eigenvalue weighted by Gasteiger charge is -2.19. The molecule has 0 aromatic heterocycles. The monoisotopic (exact) mass is 1260 g/mol. The molecule has 0 aliphatic rings. The summed E-state index contributed by atoms with van der Waals surface area (Å²) in [7, 11) is -4.39. The molecule has 9 nitrogen and oxygen atoms in total. The molecule has 0 aromatic carbocycles. The van der Waals surface area contributed by atoms with Gasteiger partial charge in [-0.25, -0.2) is 4.57 Å². The number of rotatable bonds is 77. The Morgan fingerprint density at radius 1 is 0.330 bits per heavy atom. The van der Waals surface area contributed by atoms with Gasteiger partial charge in [-0.05, 0) is 38.5 Å². The summed E-state index contributed by atoms with van der Waals surface area (Å²) in [4.78, 5) is 35.4. The smallest absolute Gasteiger partial charge is 0.462 e. The number of unbranched alkanes of at least 4 members (excludes halogenated alkanes) is 62. The van der Waals surface area contributed by atoms with Crippen LogP contribution in [0.5, 0.6) is 0 Å². The van der Waals surface area contributed by atoms with Crippen LogP contribution in [0.2, 0.25) is 0 Å². The second kappa shape index (κ2) is 74.8. The second-order valence-electron chi connectivity index (χ2n) is 27.3. The molecule has 0 saturated heterocycles. The van der Waals surface area contributed by atoms with Gasteiger partial charge in [0, 0.05) is 19.4 Å². The molecule has 0 rings (SSSR count). The van der Waals surface area contributed by atoms with Gasteiger partial charge in [0.15, 0.2) is 6.10 Å². The highest BCUT2D eigenvalue weighted by molar-refractivity contribution is 7.47. The number of allylic oxidation sites excluding steroid dienone is 2. The molecule has 0 spiro atoms. The average molecular weight is 1270 g/mol. The highest BCUT2D eigenvalue weighted by Gasteiger charge is 2.26. The summed E-state index contributed by atoms with van der Waals surface area (Å²) in [5, 5.41) is 0. The molecular weight excluding hydrogens is 1110 g/mol. The minimum Gasteiger partial charge on any atom is -0.462 e. The van der Waals surface area contributed by atoms with E-state index in [9.17, 15) is 19.0 Å². The van der Waals surface area contributed by atoms with Crippen LogP contribution in [-0.2, 0) is 32.7 Å². The molecule has 0 amide bonds. The van der Waals surface area contributed by atoms with Crippen LogP contribution in [0.1, 0.15) is 444 Å². The maximum Gasteiger partial charge on any atom is 0.472 e. The minimum atomic E-state index is -4.39. The molecule has 0 fully saturated rings. The maximum absolute atomic E-state index is 12.8. The van der Waals surface area contributed by atoms with Gasteiger partial charge in [0.1, 0.15) is 6.61 Å². The van der Waals surface area contributed by atoms with Crippen LogP contribution in [0.4, 0.5) is 0 Å². The number of phosphoric ester groups is 1. The molecule has 0 aromatic rings. The zero-order valence-electron chi connectivity index (χ0n) is 59.3. The number of carbonyl (C=O) groups excluding carboxylic acids is 2. The molecule has 0 saturated carbocycles. The third-order valence-electron chi connectivity index (χ3n) is 18.4. The lowest BCUT2D eigenvalue weighted by Crippen LogP contribution is -2.29. The molecule has 0 aliphatic heterocycles. The van der Waals surface area contributed by atoms with Crippen molar-refractivity contribution in [3.8, 4) is 0 Å². The normalized spacial score (nSPS) is 12.8. The van der Waals surface area contributed by atoms with Gasteiger partial charge in [-0.2, -0.15) is 0 Å². The standard InChI is InChI=1S/C78H154NO8P/c1-3-5-7-9-11-13-15-17-19-21-23-25-27-29-31-33-35-37-39-40-42-44-46-48-50-52-54-56-58-60-62-64-66-68-70-77(80)84-74-76(75-86-88(82,83)85-73-72-79)87-78(81)71-69-67-65-63-61-59-57-55-53-51-49-47-45-43-41-38-36-34-32-30-28-26-24-22-20-18-16-14-12-10-8-6-4-2/h22,24,76H,3-21,23,25-75,79H2,1-2H3,(H,82,83)/b24-22-. The van der Waals surface area contributed by atoms with Crippen molar-refractivity contribution in [2.24, 2.45) is 5.73 Å². The fourth-order valence-electron chi connectivity index (χ4n) is 12.5. The Morgan fingerprint density at radius 3 is 0.807 bits per heavy atom. The van der Waals surface area contributed by atoms with E-state index in [0.717, 1.165) is 32.1 Å². The first-order chi connectivity index (χ1) is 43.3. The fourth-order valence-corrected chi connectivity index (χ4v) is 13.3. The SMILES string of the molecule is CCCCCCCCCC/C=C\CCCCCCCCCCCCCCCCCCCCCCCC(=O)OC(COC(=O)CCCCCCCCCCCCCCCCCCCCCCCCCCCCCCCCCCCC)COP(=O)(O)OCCN. The van der Waals surface area contributed by atoms with E-state index in [1.54, 1.807) is 0 Å². The topological polar surface area (TPSA) is 134 Å². The van der Waals surface area contributed by atoms with Gasteiger partial charge in [0.2, 0.25) is 0 Å². The molecule has 0 heterocycles. The fraction of sp³-hybridized carbons (Fsp3) is 0.949. The Hall–Kier alpha value is -1.25. The predicted molar refractivity (Wildman–Crippen MR) is 381 cm³/mol. The summed E-state index contributed by atoms with van der Waals surface area (Å²) in [6.45, 7) is 3.85. The van der Waals surface area contributed by atoms with Gasteiger partial charge in [0.05, 0.1) is 13.2 Å². The Labute approximate surface area is 549 Å². The van der Waals surface area contributed by atoms with Crippen LogP contribution in [0.3, 0.4) is 0 Å². The van der Waals surface area contributed by atoms with E-state index in [4.69, 9.17) is 24.3 Å². The summed E-state index contributed by atoms with van der Waals surface area (Å²) in [5.74, 6) is -0.797. The van der Waals surface area contributed by atoms with E-state index in [2.05, 4.69) is 26.0 Å². The third kappa shape index (κ3) is 73.8. The lowest BCUT2D eigenvalue weighted by molar-refractivity contribution is -0.161. The molecular formula is C78H154NO8P. The van der Waals surface area contributed by atoms with Crippen LogP contribution in [0.25, 0.3) is 0 Å². The molecule has 0 radical (unpaired) electrons. The Balaban J connectivity index is 3.74. The molecule has 0 bridgehead atoms. The Morgan fingerprint density at radius 2 is 0.557 bits per heavy atom. The molecule has 2 unspecified atom stereocenters. The number of carbonyl (C=O) groups is 2. The van der Waals surface area contributed by atoms with E-state index in [-0.39, 0.29) is 38.6 Å². The first kappa shape index (κ1) is 86.8. The van der Waals surface area contributed by atoms with Crippen molar-refractivity contribution in [3.05, 3.63) is 12.2 Å².